The van der Waals surface area contributed by atoms with Gasteiger partial charge >= 0.3 is 17.5 Å². The van der Waals surface area contributed by atoms with Crippen LogP contribution in [0.2, 0.25) is 5.02 Å². The summed E-state index contributed by atoms with van der Waals surface area (Å²) in [6, 6.07) is 22.0. The molecule has 16 heteroatoms. The average Bonchev–Trinajstić information content (AvgIpc) is 3.43. The number of esters is 1. The minimum atomic E-state index is -4.53. The molecular formula is C34H28Cl2F4N4O5S. The van der Waals surface area contributed by atoms with Crippen LogP contribution < -0.4 is 21.1 Å². The molecule has 5 aromatic rings. The molecule has 0 fully saturated rings. The Balaban J connectivity index is 0.00000562. The Hall–Kier alpha value is -4.76. The fourth-order valence-electron chi connectivity index (χ4n) is 4.72. The number of thioether (sulfide) groups is 1. The van der Waals surface area contributed by atoms with Crippen LogP contribution in [0.25, 0.3) is 10.9 Å². The Morgan fingerprint density at radius 3 is 2.22 bits per heavy atom. The smallest absolute Gasteiger partial charge is 0.442 e. The summed E-state index contributed by atoms with van der Waals surface area (Å²) in [5, 5.41) is 4.35. The molecular weight excluding hydrogens is 723 g/mol. The zero-order valence-corrected chi connectivity index (χ0v) is 28.0. The van der Waals surface area contributed by atoms with E-state index in [-0.39, 0.29) is 58.4 Å². The summed E-state index contributed by atoms with van der Waals surface area (Å²) in [6.07, 6.45) is 1.24. The van der Waals surface area contributed by atoms with Crippen molar-refractivity contribution in [2.24, 2.45) is 5.73 Å². The van der Waals surface area contributed by atoms with Crippen LogP contribution in [0.1, 0.15) is 21.2 Å². The van der Waals surface area contributed by atoms with Gasteiger partial charge in [-0.1, -0.05) is 72.3 Å². The maximum Gasteiger partial charge on any atom is 0.442 e. The van der Waals surface area contributed by atoms with Crippen molar-refractivity contribution in [2.75, 3.05) is 17.2 Å². The van der Waals surface area contributed by atoms with E-state index in [9.17, 15) is 31.9 Å². The van der Waals surface area contributed by atoms with Gasteiger partial charge in [-0.15, -0.1) is 12.4 Å². The van der Waals surface area contributed by atoms with E-state index in [1.165, 1.54) is 48.7 Å². The van der Waals surface area contributed by atoms with Crippen molar-refractivity contribution in [1.82, 2.24) is 4.57 Å². The molecule has 1 heterocycles. The van der Waals surface area contributed by atoms with Gasteiger partial charge in [0.25, 0.3) is 5.91 Å². The van der Waals surface area contributed by atoms with E-state index in [1.807, 2.05) is 0 Å². The number of halogens is 6. The summed E-state index contributed by atoms with van der Waals surface area (Å²) in [6.45, 7) is -0.495. The number of carbonyl (C=O) groups excluding carboxylic acids is 3. The summed E-state index contributed by atoms with van der Waals surface area (Å²) in [5.74, 6) is -2.78. The number of amides is 2. The largest absolute Gasteiger partial charge is 0.492 e. The highest BCUT2D eigenvalue weighted by Crippen LogP contribution is 2.42. The highest BCUT2D eigenvalue weighted by Gasteiger charge is 2.34. The van der Waals surface area contributed by atoms with Gasteiger partial charge in [0.15, 0.2) is 6.04 Å². The van der Waals surface area contributed by atoms with E-state index < -0.39 is 47.1 Å². The molecule has 2 unspecified atom stereocenters. The van der Waals surface area contributed by atoms with Crippen molar-refractivity contribution in [1.29, 1.82) is 0 Å². The molecule has 50 heavy (non-hydrogen) atoms. The second-order valence-electron chi connectivity index (χ2n) is 10.5. The lowest BCUT2D eigenvalue weighted by Gasteiger charge is -2.19. The number of urea groups is 1. The minimum absolute atomic E-state index is 0. The first-order valence-electron chi connectivity index (χ1n) is 14.5. The van der Waals surface area contributed by atoms with Crippen LogP contribution in [0, 0.1) is 5.82 Å². The summed E-state index contributed by atoms with van der Waals surface area (Å²) >= 11 is 5.92. The predicted molar refractivity (Wildman–Crippen MR) is 186 cm³/mol. The Labute approximate surface area is 298 Å². The van der Waals surface area contributed by atoms with Crippen LogP contribution in [0.3, 0.4) is 0 Å². The molecule has 2 atom stereocenters. The highest BCUT2D eigenvalue weighted by molar-refractivity contribution is 8.00. The number of carbonyl (C=O) groups is 3. The Kier molecular flexibility index (Phi) is 12.8. The zero-order chi connectivity index (χ0) is 35.1. The second-order valence-corrected chi connectivity index (χ2v) is 12.2. The number of hydrogen-bond donors (Lipinski definition) is 3. The number of nitrogens with one attached hydrogen (secondary N) is 2. The Bertz CT molecular complexity index is 1970. The van der Waals surface area contributed by atoms with Crippen LogP contribution in [0.15, 0.2) is 103 Å². The number of fused-ring (bicyclic) bond motifs is 1. The summed E-state index contributed by atoms with van der Waals surface area (Å²) in [5.41, 5.74) is 2.58. The van der Waals surface area contributed by atoms with Gasteiger partial charge in [0, 0.05) is 22.7 Å². The molecule has 0 saturated carbocycles. The Morgan fingerprint density at radius 1 is 0.900 bits per heavy atom. The molecule has 262 valence electrons. The van der Waals surface area contributed by atoms with Gasteiger partial charge in [-0.25, -0.2) is 14.0 Å². The standard InChI is InChI=1S/C34H27ClF4N4O5S.ClH/c35-22-11-14-28-24(15-22)27(17-43(28)31(44)30(40)32(45)48-18-20-7-3-1-4-8-20)42-33(46)41-26-13-12-23(16-25(26)36)47-19-29(49-34(37,38)39)21-9-5-2-6-10-21;/h1-17,29-30H,18-19,40H2,(H2,41,42,46);1H. The number of nitrogens with two attached hydrogens (primary N) is 1. The van der Waals surface area contributed by atoms with E-state index in [0.29, 0.717) is 16.5 Å². The van der Waals surface area contributed by atoms with Crippen LogP contribution in [0.5, 0.6) is 5.75 Å². The van der Waals surface area contributed by atoms with Gasteiger partial charge in [-0.2, -0.15) is 13.2 Å². The number of aromatic nitrogens is 1. The molecule has 2 amide bonds. The van der Waals surface area contributed by atoms with Crippen LogP contribution in [-0.2, 0) is 16.1 Å². The van der Waals surface area contributed by atoms with Crippen LogP contribution in [0.4, 0.5) is 33.7 Å². The number of rotatable bonds is 11. The molecule has 0 aliphatic rings. The molecule has 0 radical (unpaired) electrons. The van der Waals surface area contributed by atoms with Gasteiger partial charge in [-0.05, 0) is 53.2 Å². The lowest BCUT2D eigenvalue weighted by molar-refractivity contribution is -0.145. The van der Waals surface area contributed by atoms with E-state index >= 15 is 0 Å². The molecule has 0 aliphatic heterocycles. The van der Waals surface area contributed by atoms with Crippen molar-refractivity contribution < 1.29 is 41.4 Å². The van der Waals surface area contributed by atoms with Crippen molar-refractivity contribution >= 4 is 76.0 Å². The van der Waals surface area contributed by atoms with Crippen LogP contribution in [-0.4, -0.2) is 40.6 Å². The number of benzene rings is 4. The number of anilines is 2. The molecule has 1 aromatic heterocycles. The molecule has 4 N–H and O–H groups in total. The second kappa shape index (κ2) is 16.8. The fourth-order valence-corrected chi connectivity index (χ4v) is 5.64. The van der Waals surface area contributed by atoms with Crippen LogP contribution >= 0.6 is 35.8 Å². The predicted octanol–water partition coefficient (Wildman–Crippen LogP) is 8.58. The zero-order valence-electron chi connectivity index (χ0n) is 25.7. The van der Waals surface area contributed by atoms with E-state index in [2.05, 4.69) is 10.6 Å². The quantitative estimate of drug-likeness (QED) is 0.0702. The highest BCUT2D eigenvalue weighted by atomic mass is 35.5. The topological polar surface area (TPSA) is 125 Å². The fraction of sp³-hybridized carbons (Fsp3) is 0.147. The molecule has 0 saturated heterocycles. The van der Waals surface area contributed by atoms with Crippen molar-refractivity contribution in [3.8, 4) is 5.75 Å². The van der Waals surface area contributed by atoms with Crippen molar-refractivity contribution in [3.05, 3.63) is 125 Å². The first-order chi connectivity index (χ1) is 23.4. The average molecular weight is 752 g/mol. The summed E-state index contributed by atoms with van der Waals surface area (Å²) < 4.78 is 66.2. The summed E-state index contributed by atoms with van der Waals surface area (Å²) in [7, 11) is 0. The van der Waals surface area contributed by atoms with Crippen molar-refractivity contribution in [2.45, 2.75) is 23.4 Å². The molecule has 5 rings (SSSR count). The molecule has 4 aromatic carbocycles. The Morgan fingerprint density at radius 2 is 1.56 bits per heavy atom. The number of hydrogen-bond acceptors (Lipinski definition) is 7. The summed E-state index contributed by atoms with van der Waals surface area (Å²) in [4.78, 5) is 38.8. The van der Waals surface area contributed by atoms with E-state index in [1.54, 1.807) is 48.5 Å². The first-order valence-corrected chi connectivity index (χ1v) is 15.7. The minimum Gasteiger partial charge on any atom is -0.492 e. The third-order valence-electron chi connectivity index (χ3n) is 7.03. The maximum absolute atomic E-state index is 15.0. The lowest BCUT2D eigenvalue weighted by Crippen LogP contribution is -2.42. The third kappa shape index (κ3) is 9.91. The normalized spacial score (nSPS) is 12.4. The number of nitrogens with zero attached hydrogens (tertiary/aromatic N) is 1. The molecule has 0 bridgehead atoms. The van der Waals surface area contributed by atoms with E-state index in [4.69, 9.17) is 26.8 Å². The monoisotopic (exact) mass is 750 g/mol. The van der Waals surface area contributed by atoms with Gasteiger partial charge in [0.2, 0.25) is 0 Å². The molecule has 0 aliphatic carbocycles. The molecule has 0 spiro atoms. The van der Waals surface area contributed by atoms with Gasteiger partial charge in [0.1, 0.15) is 24.8 Å². The number of alkyl halides is 3. The SMILES string of the molecule is Cl.NC(C(=O)OCc1ccccc1)C(=O)n1cc(NC(=O)Nc2ccc(OCC(SC(F)(F)F)c3ccccc3)cc2F)c2cc(Cl)ccc21. The van der Waals surface area contributed by atoms with Gasteiger partial charge in [0.05, 0.1) is 22.1 Å². The van der Waals surface area contributed by atoms with Gasteiger partial charge in [-0.3, -0.25) is 9.36 Å². The lowest BCUT2D eigenvalue weighted by atomic mass is 10.1. The van der Waals surface area contributed by atoms with Gasteiger partial charge < -0.3 is 25.8 Å². The number of ether oxygens (including phenoxy) is 2. The third-order valence-corrected chi connectivity index (χ3v) is 8.23. The van der Waals surface area contributed by atoms with Crippen molar-refractivity contribution in [3.63, 3.8) is 0 Å². The first kappa shape index (κ1) is 38.0. The van der Waals surface area contributed by atoms with E-state index in [0.717, 1.165) is 10.6 Å². The molecule has 9 nitrogen and oxygen atoms in total. The maximum atomic E-state index is 15.0.